The molecule has 0 heterocycles. The van der Waals surface area contributed by atoms with Crippen molar-refractivity contribution in [3.05, 3.63) is 22.8 Å². The maximum atomic E-state index is 2.32. The average Bonchev–Trinajstić information content (AvgIpc) is 1.97. The second kappa shape index (κ2) is 2.84. The van der Waals surface area contributed by atoms with Gasteiger partial charge in [-0.1, -0.05) is 36.6 Å². The highest BCUT2D eigenvalue weighted by Crippen LogP contribution is 2.33. The van der Waals surface area contributed by atoms with Gasteiger partial charge in [-0.3, -0.25) is 0 Å². The van der Waals surface area contributed by atoms with Gasteiger partial charge in [0.25, 0.3) is 0 Å². The largest absolute Gasteiger partial charge is 0.0696 e. The molecule has 0 radical (unpaired) electrons. The van der Waals surface area contributed by atoms with Crippen molar-refractivity contribution < 1.29 is 0 Å². The quantitative estimate of drug-likeness (QED) is 0.495. The van der Waals surface area contributed by atoms with E-state index in [4.69, 9.17) is 0 Å². The van der Waals surface area contributed by atoms with Gasteiger partial charge < -0.3 is 0 Å². The van der Waals surface area contributed by atoms with E-state index in [1.807, 2.05) is 0 Å². The topological polar surface area (TPSA) is 0 Å². The minimum atomic E-state index is 0.735. The van der Waals surface area contributed by atoms with Crippen LogP contribution in [0.2, 0.25) is 0 Å². The Labute approximate surface area is 70.0 Å². The minimum absolute atomic E-state index is 0.735. The highest BCUT2D eigenvalue weighted by atomic mass is 14.2. The second-order valence-electron chi connectivity index (χ2n) is 3.83. The zero-order chi connectivity index (χ0) is 8.59. The molecule has 62 valence electrons. The van der Waals surface area contributed by atoms with Gasteiger partial charge in [-0.05, 0) is 32.6 Å². The van der Waals surface area contributed by atoms with Crippen LogP contribution in [0.25, 0.3) is 0 Å². The fraction of sp³-hybridized carbons (Fsp3) is 0.636. The van der Waals surface area contributed by atoms with Gasteiger partial charge in [-0.2, -0.15) is 0 Å². The van der Waals surface area contributed by atoms with E-state index < -0.39 is 0 Å². The van der Waals surface area contributed by atoms with Gasteiger partial charge in [0.2, 0.25) is 0 Å². The van der Waals surface area contributed by atoms with Crippen LogP contribution < -0.4 is 0 Å². The van der Waals surface area contributed by atoms with Crippen LogP contribution in [-0.2, 0) is 0 Å². The molecule has 0 saturated carbocycles. The lowest BCUT2D eigenvalue weighted by molar-refractivity contribution is 0.491. The molecule has 2 unspecified atom stereocenters. The Morgan fingerprint density at radius 3 is 2.09 bits per heavy atom. The zero-order valence-corrected chi connectivity index (χ0v) is 8.23. The molecule has 0 fully saturated rings. The summed E-state index contributed by atoms with van der Waals surface area (Å²) in [5.74, 6) is 1.47. The van der Waals surface area contributed by atoms with Gasteiger partial charge in [-0.15, -0.1) is 0 Å². The van der Waals surface area contributed by atoms with Crippen molar-refractivity contribution in [2.75, 3.05) is 0 Å². The van der Waals surface area contributed by atoms with Crippen molar-refractivity contribution in [3.63, 3.8) is 0 Å². The molecule has 0 aromatic heterocycles. The molecule has 0 spiro atoms. The van der Waals surface area contributed by atoms with Crippen molar-refractivity contribution in [1.29, 1.82) is 0 Å². The molecule has 0 nitrogen and oxygen atoms in total. The fourth-order valence-corrected chi connectivity index (χ4v) is 1.72. The van der Waals surface area contributed by atoms with E-state index in [0.29, 0.717) is 0 Å². The Morgan fingerprint density at radius 1 is 1.00 bits per heavy atom. The number of hydrogen-bond acceptors (Lipinski definition) is 0. The van der Waals surface area contributed by atoms with Crippen molar-refractivity contribution in [1.82, 2.24) is 0 Å². The van der Waals surface area contributed by atoms with Crippen molar-refractivity contribution >= 4 is 0 Å². The summed E-state index contributed by atoms with van der Waals surface area (Å²) in [5.41, 5.74) is 4.55. The Kier molecular flexibility index (Phi) is 2.22. The summed E-state index contributed by atoms with van der Waals surface area (Å²) in [6, 6.07) is 0. The molecular formula is C11H18. The second-order valence-corrected chi connectivity index (χ2v) is 3.83. The molecule has 0 aromatic carbocycles. The number of rotatable bonds is 0. The maximum absolute atomic E-state index is 2.32. The van der Waals surface area contributed by atoms with Crippen LogP contribution in [0.5, 0.6) is 0 Å². The third-order valence-electron chi connectivity index (χ3n) is 3.22. The fourth-order valence-electron chi connectivity index (χ4n) is 1.72. The molecule has 11 heavy (non-hydrogen) atoms. The van der Waals surface area contributed by atoms with E-state index in [1.165, 1.54) is 11.1 Å². The molecule has 0 saturated heterocycles. The van der Waals surface area contributed by atoms with Gasteiger partial charge >= 0.3 is 0 Å². The highest BCUT2D eigenvalue weighted by Gasteiger charge is 2.20. The maximum Gasteiger partial charge on any atom is -0.0166 e. The summed E-state index contributed by atoms with van der Waals surface area (Å²) in [4.78, 5) is 0. The molecular weight excluding hydrogens is 132 g/mol. The van der Waals surface area contributed by atoms with Crippen LogP contribution in [0.1, 0.15) is 34.6 Å². The van der Waals surface area contributed by atoms with Crippen molar-refractivity contribution in [3.8, 4) is 0 Å². The van der Waals surface area contributed by atoms with E-state index in [0.717, 1.165) is 11.8 Å². The first-order chi connectivity index (χ1) is 5.04. The standard InChI is InChI=1S/C11H18/c1-7-6-8(2)10(4)11(5)9(7)3/h6,9,11H,1-5H3. The summed E-state index contributed by atoms with van der Waals surface area (Å²) in [5, 5.41) is 0. The van der Waals surface area contributed by atoms with Gasteiger partial charge in [-0.25, -0.2) is 0 Å². The van der Waals surface area contributed by atoms with Crippen LogP contribution in [0.4, 0.5) is 0 Å². The zero-order valence-electron chi connectivity index (χ0n) is 8.23. The molecule has 2 atom stereocenters. The molecule has 0 aromatic rings. The number of hydrogen-bond donors (Lipinski definition) is 0. The molecule has 0 amide bonds. The Morgan fingerprint density at radius 2 is 1.55 bits per heavy atom. The van der Waals surface area contributed by atoms with E-state index in [1.54, 1.807) is 5.57 Å². The summed E-state index contributed by atoms with van der Waals surface area (Å²) >= 11 is 0. The summed E-state index contributed by atoms with van der Waals surface area (Å²) in [6.45, 7) is 11.3. The van der Waals surface area contributed by atoms with E-state index >= 15 is 0 Å². The molecule has 1 rings (SSSR count). The summed E-state index contributed by atoms with van der Waals surface area (Å²) in [7, 11) is 0. The first-order valence-electron chi connectivity index (χ1n) is 4.39. The minimum Gasteiger partial charge on any atom is -0.0696 e. The van der Waals surface area contributed by atoms with Gasteiger partial charge in [0, 0.05) is 0 Å². The Balaban J connectivity index is 3.01. The van der Waals surface area contributed by atoms with Gasteiger partial charge in [0.05, 0.1) is 0 Å². The SMILES string of the molecule is CC1=CC(C)=C(C)C(C)C1C. The van der Waals surface area contributed by atoms with E-state index in [9.17, 15) is 0 Å². The predicted octanol–water partition coefficient (Wildman–Crippen LogP) is 3.55. The Hall–Kier alpha value is -0.520. The smallest absolute Gasteiger partial charge is 0.0166 e. The lowest BCUT2D eigenvalue weighted by atomic mass is 9.78. The van der Waals surface area contributed by atoms with Gasteiger partial charge in [0.15, 0.2) is 0 Å². The summed E-state index contributed by atoms with van der Waals surface area (Å²) in [6.07, 6.45) is 2.32. The molecule has 1 aliphatic rings. The molecule has 0 bridgehead atoms. The van der Waals surface area contributed by atoms with Crippen LogP contribution >= 0.6 is 0 Å². The van der Waals surface area contributed by atoms with Gasteiger partial charge in [0.1, 0.15) is 0 Å². The van der Waals surface area contributed by atoms with E-state index in [-0.39, 0.29) is 0 Å². The first kappa shape index (κ1) is 8.58. The molecule has 1 aliphatic carbocycles. The van der Waals surface area contributed by atoms with E-state index in [2.05, 4.69) is 40.7 Å². The number of allylic oxidation sites excluding steroid dienone is 4. The molecule has 0 heteroatoms. The highest BCUT2D eigenvalue weighted by molar-refractivity contribution is 5.33. The van der Waals surface area contributed by atoms with Crippen LogP contribution in [0.3, 0.4) is 0 Å². The third-order valence-corrected chi connectivity index (χ3v) is 3.22. The first-order valence-corrected chi connectivity index (χ1v) is 4.39. The monoisotopic (exact) mass is 150 g/mol. The predicted molar refractivity (Wildman–Crippen MR) is 50.5 cm³/mol. The third kappa shape index (κ3) is 1.40. The average molecular weight is 150 g/mol. The van der Waals surface area contributed by atoms with Crippen LogP contribution in [-0.4, -0.2) is 0 Å². The molecule has 0 aliphatic heterocycles. The Bertz CT molecular complexity index is 218. The normalized spacial score (nSPS) is 32.3. The molecule has 0 N–H and O–H groups in total. The van der Waals surface area contributed by atoms with Crippen molar-refractivity contribution in [2.45, 2.75) is 34.6 Å². The lowest BCUT2D eigenvalue weighted by Crippen LogP contribution is -2.15. The van der Waals surface area contributed by atoms with Crippen LogP contribution in [0.15, 0.2) is 22.8 Å². The van der Waals surface area contributed by atoms with Crippen molar-refractivity contribution in [2.24, 2.45) is 11.8 Å². The van der Waals surface area contributed by atoms with Crippen LogP contribution in [0, 0.1) is 11.8 Å². The summed E-state index contributed by atoms with van der Waals surface area (Å²) < 4.78 is 0. The lowest BCUT2D eigenvalue weighted by Gasteiger charge is -2.27.